The summed E-state index contributed by atoms with van der Waals surface area (Å²) in [5.74, 6) is 2.68. The highest BCUT2D eigenvalue weighted by atomic mass is 16.6. The fourth-order valence-electron chi connectivity index (χ4n) is 3.69. The Kier molecular flexibility index (Phi) is 2.99. The molecule has 2 bridgehead atoms. The van der Waals surface area contributed by atoms with Crippen molar-refractivity contribution in [2.45, 2.75) is 38.2 Å². The standard InChI is InChI=1S/C13H20O3/c14-12(13-8-15-3-4-16-13)7-11-6-9-1-2-10(11)5-9/h9-11,13H,1-8H2. The highest BCUT2D eigenvalue weighted by Gasteiger charge is 2.41. The van der Waals surface area contributed by atoms with Crippen LogP contribution in [0.4, 0.5) is 0 Å². The molecule has 1 aliphatic heterocycles. The lowest BCUT2D eigenvalue weighted by Crippen LogP contribution is -2.36. The molecule has 3 rings (SSSR count). The van der Waals surface area contributed by atoms with Gasteiger partial charge < -0.3 is 9.47 Å². The molecule has 0 aromatic carbocycles. The molecule has 0 aromatic rings. The molecule has 3 heteroatoms. The van der Waals surface area contributed by atoms with Gasteiger partial charge in [0.1, 0.15) is 6.10 Å². The summed E-state index contributed by atoms with van der Waals surface area (Å²) in [6, 6.07) is 0. The van der Waals surface area contributed by atoms with Crippen LogP contribution in [0.25, 0.3) is 0 Å². The lowest BCUT2D eigenvalue weighted by atomic mass is 9.84. The maximum Gasteiger partial charge on any atom is 0.164 e. The molecule has 0 aromatic heterocycles. The van der Waals surface area contributed by atoms with Crippen LogP contribution in [0.3, 0.4) is 0 Å². The van der Waals surface area contributed by atoms with Gasteiger partial charge in [-0.2, -0.15) is 0 Å². The van der Waals surface area contributed by atoms with E-state index in [1.54, 1.807) is 0 Å². The zero-order valence-corrected chi connectivity index (χ0v) is 9.69. The monoisotopic (exact) mass is 224 g/mol. The van der Waals surface area contributed by atoms with Crippen LogP contribution in [0.5, 0.6) is 0 Å². The number of ether oxygens (including phenoxy) is 2. The van der Waals surface area contributed by atoms with Crippen molar-refractivity contribution < 1.29 is 14.3 Å². The van der Waals surface area contributed by atoms with Crippen molar-refractivity contribution in [3.05, 3.63) is 0 Å². The normalized spacial score (nSPS) is 42.5. The minimum atomic E-state index is -0.270. The van der Waals surface area contributed by atoms with E-state index < -0.39 is 0 Å². The molecule has 0 spiro atoms. The molecule has 90 valence electrons. The lowest BCUT2D eigenvalue weighted by molar-refractivity contribution is -0.146. The van der Waals surface area contributed by atoms with Gasteiger partial charge in [-0.05, 0) is 37.0 Å². The number of carbonyl (C=O) groups is 1. The highest BCUT2D eigenvalue weighted by Crippen LogP contribution is 2.49. The van der Waals surface area contributed by atoms with E-state index in [-0.39, 0.29) is 11.9 Å². The second kappa shape index (κ2) is 4.46. The largest absolute Gasteiger partial charge is 0.376 e. The van der Waals surface area contributed by atoms with E-state index in [1.807, 2.05) is 0 Å². The van der Waals surface area contributed by atoms with E-state index in [1.165, 1.54) is 25.7 Å². The first kappa shape index (κ1) is 10.7. The quantitative estimate of drug-likeness (QED) is 0.733. The van der Waals surface area contributed by atoms with Crippen molar-refractivity contribution in [1.29, 1.82) is 0 Å². The van der Waals surface area contributed by atoms with Crippen LogP contribution in [0.1, 0.15) is 32.1 Å². The number of fused-ring (bicyclic) bond motifs is 2. The first-order chi connectivity index (χ1) is 7.83. The summed E-state index contributed by atoms with van der Waals surface area (Å²) in [5.41, 5.74) is 0. The van der Waals surface area contributed by atoms with Gasteiger partial charge >= 0.3 is 0 Å². The average Bonchev–Trinajstić information content (AvgIpc) is 2.92. The van der Waals surface area contributed by atoms with Crippen molar-refractivity contribution in [2.75, 3.05) is 19.8 Å². The Balaban J connectivity index is 1.52. The summed E-state index contributed by atoms with van der Waals surface area (Å²) < 4.78 is 10.7. The zero-order chi connectivity index (χ0) is 11.0. The van der Waals surface area contributed by atoms with Crippen LogP contribution < -0.4 is 0 Å². The van der Waals surface area contributed by atoms with E-state index in [0.717, 1.165) is 18.3 Å². The second-order valence-electron chi connectivity index (χ2n) is 5.54. The highest BCUT2D eigenvalue weighted by molar-refractivity contribution is 5.83. The zero-order valence-electron chi connectivity index (χ0n) is 9.69. The summed E-state index contributed by atoms with van der Waals surface area (Å²) in [6.45, 7) is 1.69. The summed E-state index contributed by atoms with van der Waals surface area (Å²) >= 11 is 0. The molecule has 3 aliphatic rings. The van der Waals surface area contributed by atoms with Crippen molar-refractivity contribution in [3.8, 4) is 0 Å². The Morgan fingerprint density at radius 2 is 2.12 bits per heavy atom. The Hall–Kier alpha value is -0.410. The van der Waals surface area contributed by atoms with Gasteiger partial charge in [-0.15, -0.1) is 0 Å². The molecule has 2 saturated carbocycles. The van der Waals surface area contributed by atoms with Crippen LogP contribution in [-0.2, 0) is 14.3 Å². The summed E-state index contributed by atoms with van der Waals surface area (Å²) in [5, 5.41) is 0. The first-order valence-corrected chi connectivity index (χ1v) is 6.55. The molecule has 0 radical (unpaired) electrons. The van der Waals surface area contributed by atoms with E-state index >= 15 is 0 Å². The van der Waals surface area contributed by atoms with Crippen molar-refractivity contribution in [1.82, 2.24) is 0 Å². The molecular weight excluding hydrogens is 204 g/mol. The molecule has 1 saturated heterocycles. The molecule has 3 fully saturated rings. The Morgan fingerprint density at radius 3 is 2.75 bits per heavy atom. The Labute approximate surface area is 96.5 Å². The fourth-order valence-corrected chi connectivity index (χ4v) is 3.69. The maximum absolute atomic E-state index is 12.0. The fraction of sp³-hybridized carbons (Fsp3) is 0.923. The molecule has 4 unspecified atom stereocenters. The van der Waals surface area contributed by atoms with Gasteiger partial charge in [-0.1, -0.05) is 6.42 Å². The third kappa shape index (κ3) is 2.03. The number of Topliss-reactive ketones (excluding diaryl/α,β-unsaturated/α-hetero) is 1. The van der Waals surface area contributed by atoms with E-state index in [0.29, 0.717) is 25.7 Å². The number of hydrogen-bond donors (Lipinski definition) is 0. The molecular formula is C13H20O3. The van der Waals surface area contributed by atoms with Crippen LogP contribution in [-0.4, -0.2) is 31.7 Å². The van der Waals surface area contributed by atoms with Gasteiger partial charge in [-0.25, -0.2) is 0 Å². The van der Waals surface area contributed by atoms with Gasteiger partial charge in [0.25, 0.3) is 0 Å². The van der Waals surface area contributed by atoms with Crippen LogP contribution >= 0.6 is 0 Å². The predicted molar refractivity (Wildman–Crippen MR) is 59.1 cm³/mol. The number of rotatable bonds is 3. The number of hydrogen-bond acceptors (Lipinski definition) is 3. The van der Waals surface area contributed by atoms with Crippen LogP contribution in [0, 0.1) is 17.8 Å². The Morgan fingerprint density at radius 1 is 1.19 bits per heavy atom. The van der Waals surface area contributed by atoms with Crippen LogP contribution in [0.15, 0.2) is 0 Å². The lowest BCUT2D eigenvalue weighted by Gasteiger charge is -2.25. The summed E-state index contributed by atoms with van der Waals surface area (Å²) in [4.78, 5) is 12.0. The van der Waals surface area contributed by atoms with Crippen molar-refractivity contribution in [2.24, 2.45) is 17.8 Å². The number of ketones is 1. The van der Waals surface area contributed by atoms with Gasteiger partial charge in [0, 0.05) is 6.42 Å². The van der Waals surface area contributed by atoms with Gasteiger partial charge in [-0.3, -0.25) is 4.79 Å². The second-order valence-corrected chi connectivity index (χ2v) is 5.54. The van der Waals surface area contributed by atoms with Gasteiger partial charge in [0.15, 0.2) is 5.78 Å². The van der Waals surface area contributed by atoms with Crippen LogP contribution in [0.2, 0.25) is 0 Å². The average molecular weight is 224 g/mol. The number of carbonyl (C=O) groups excluding carboxylic acids is 1. The summed E-state index contributed by atoms with van der Waals surface area (Å²) in [7, 11) is 0. The van der Waals surface area contributed by atoms with E-state index in [2.05, 4.69) is 0 Å². The van der Waals surface area contributed by atoms with Gasteiger partial charge in [0.2, 0.25) is 0 Å². The van der Waals surface area contributed by atoms with Crippen molar-refractivity contribution in [3.63, 3.8) is 0 Å². The van der Waals surface area contributed by atoms with E-state index in [9.17, 15) is 4.79 Å². The molecule has 0 N–H and O–H groups in total. The molecule has 16 heavy (non-hydrogen) atoms. The predicted octanol–water partition coefficient (Wildman–Crippen LogP) is 1.80. The van der Waals surface area contributed by atoms with Crippen molar-refractivity contribution >= 4 is 5.78 Å². The maximum atomic E-state index is 12.0. The minimum absolute atomic E-state index is 0.270. The molecule has 1 heterocycles. The van der Waals surface area contributed by atoms with Gasteiger partial charge in [0.05, 0.1) is 19.8 Å². The minimum Gasteiger partial charge on any atom is -0.376 e. The topological polar surface area (TPSA) is 35.5 Å². The first-order valence-electron chi connectivity index (χ1n) is 6.55. The third-order valence-corrected chi connectivity index (χ3v) is 4.52. The molecule has 4 atom stereocenters. The molecule has 2 aliphatic carbocycles. The molecule has 3 nitrogen and oxygen atoms in total. The van der Waals surface area contributed by atoms with E-state index in [4.69, 9.17) is 9.47 Å². The Bertz CT molecular complexity index is 270. The summed E-state index contributed by atoms with van der Waals surface area (Å²) in [6.07, 6.45) is 5.87. The SMILES string of the molecule is O=C(CC1CC2CCC1C2)C1COCCO1. The molecule has 0 amide bonds. The third-order valence-electron chi connectivity index (χ3n) is 4.52. The smallest absolute Gasteiger partial charge is 0.164 e.